The van der Waals surface area contributed by atoms with Crippen molar-refractivity contribution in [2.45, 2.75) is 19.9 Å². The summed E-state index contributed by atoms with van der Waals surface area (Å²) in [6.45, 7) is 3.62. The first-order valence-corrected chi connectivity index (χ1v) is 9.87. The highest BCUT2D eigenvalue weighted by atomic mass is 32.2. The zero-order chi connectivity index (χ0) is 19.3. The van der Waals surface area contributed by atoms with E-state index in [0.29, 0.717) is 18.0 Å². The first kappa shape index (κ1) is 19.7. The van der Waals surface area contributed by atoms with Crippen molar-refractivity contribution in [2.24, 2.45) is 0 Å². The van der Waals surface area contributed by atoms with Crippen LogP contribution in [0.1, 0.15) is 13.8 Å². The molecule has 2 aromatic carbocycles. The SMILES string of the molecule is CCOc1ccccc1NC(=O)[C@@H](C)N(c1ccccc1F)S(C)(=O)=O. The predicted octanol–water partition coefficient (Wildman–Crippen LogP) is 3.02. The highest BCUT2D eigenvalue weighted by molar-refractivity contribution is 7.92. The second-order valence-electron chi connectivity index (χ2n) is 5.60. The van der Waals surface area contributed by atoms with Crippen LogP contribution in [0.4, 0.5) is 15.8 Å². The second kappa shape index (κ2) is 8.18. The molecule has 0 radical (unpaired) electrons. The largest absolute Gasteiger partial charge is 0.492 e. The van der Waals surface area contributed by atoms with E-state index in [1.54, 1.807) is 24.3 Å². The van der Waals surface area contributed by atoms with Crippen molar-refractivity contribution >= 4 is 27.3 Å². The lowest BCUT2D eigenvalue weighted by Crippen LogP contribution is -2.45. The Labute approximate surface area is 152 Å². The summed E-state index contributed by atoms with van der Waals surface area (Å²) in [6.07, 6.45) is 0.928. The van der Waals surface area contributed by atoms with Gasteiger partial charge in [0.2, 0.25) is 15.9 Å². The molecule has 0 spiro atoms. The molecule has 2 rings (SSSR count). The van der Waals surface area contributed by atoms with E-state index in [-0.39, 0.29) is 5.69 Å². The molecular formula is C18H21FN2O4S. The molecule has 1 N–H and O–H groups in total. The highest BCUT2D eigenvalue weighted by Gasteiger charge is 2.31. The van der Waals surface area contributed by atoms with Gasteiger partial charge in [0.05, 0.1) is 24.2 Å². The summed E-state index contributed by atoms with van der Waals surface area (Å²) >= 11 is 0. The molecule has 1 atom stereocenters. The van der Waals surface area contributed by atoms with Crippen LogP contribution in [0.2, 0.25) is 0 Å². The zero-order valence-corrected chi connectivity index (χ0v) is 15.6. The van der Waals surface area contributed by atoms with E-state index in [9.17, 15) is 17.6 Å². The molecule has 0 saturated carbocycles. The van der Waals surface area contributed by atoms with Gasteiger partial charge in [-0.1, -0.05) is 24.3 Å². The lowest BCUT2D eigenvalue weighted by Gasteiger charge is -2.28. The summed E-state index contributed by atoms with van der Waals surface area (Å²) in [5.74, 6) is -0.870. The van der Waals surface area contributed by atoms with E-state index >= 15 is 0 Å². The number of benzene rings is 2. The van der Waals surface area contributed by atoms with Crippen molar-refractivity contribution in [3.63, 3.8) is 0 Å². The molecule has 6 nitrogen and oxygen atoms in total. The van der Waals surface area contributed by atoms with Crippen LogP contribution in [0.25, 0.3) is 0 Å². The summed E-state index contributed by atoms with van der Waals surface area (Å²) < 4.78 is 44.7. The molecule has 0 saturated heterocycles. The van der Waals surface area contributed by atoms with E-state index in [1.807, 2.05) is 6.92 Å². The Morgan fingerprint density at radius 3 is 2.42 bits per heavy atom. The lowest BCUT2D eigenvalue weighted by atomic mass is 10.2. The van der Waals surface area contributed by atoms with E-state index < -0.39 is 27.8 Å². The van der Waals surface area contributed by atoms with E-state index in [2.05, 4.69) is 5.32 Å². The van der Waals surface area contributed by atoms with Gasteiger partial charge in [-0.15, -0.1) is 0 Å². The van der Waals surface area contributed by atoms with Gasteiger partial charge in [0, 0.05) is 0 Å². The van der Waals surface area contributed by atoms with Crippen molar-refractivity contribution in [1.29, 1.82) is 0 Å². The summed E-state index contributed by atoms with van der Waals surface area (Å²) in [4.78, 5) is 12.6. The molecule has 0 aliphatic rings. The number of carbonyl (C=O) groups excluding carboxylic acids is 1. The fourth-order valence-corrected chi connectivity index (χ4v) is 3.68. The lowest BCUT2D eigenvalue weighted by molar-refractivity contribution is -0.116. The van der Waals surface area contributed by atoms with Gasteiger partial charge in [0.1, 0.15) is 17.6 Å². The number of para-hydroxylation sites is 3. The van der Waals surface area contributed by atoms with Crippen LogP contribution in [-0.2, 0) is 14.8 Å². The topological polar surface area (TPSA) is 75.7 Å². The normalized spacial score (nSPS) is 12.3. The van der Waals surface area contributed by atoms with Gasteiger partial charge >= 0.3 is 0 Å². The summed E-state index contributed by atoms with van der Waals surface area (Å²) in [6, 6.07) is 11.0. The summed E-state index contributed by atoms with van der Waals surface area (Å²) in [5, 5.41) is 2.64. The third-order valence-electron chi connectivity index (χ3n) is 3.62. The Morgan fingerprint density at radius 1 is 1.19 bits per heavy atom. The molecule has 2 aromatic rings. The number of ether oxygens (including phenoxy) is 1. The van der Waals surface area contributed by atoms with Crippen LogP contribution >= 0.6 is 0 Å². The van der Waals surface area contributed by atoms with Crippen LogP contribution < -0.4 is 14.4 Å². The second-order valence-corrected chi connectivity index (χ2v) is 7.46. The Kier molecular flexibility index (Phi) is 6.20. The summed E-state index contributed by atoms with van der Waals surface area (Å²) in [7, 11) is -3.90. The maximum Gasteiger partial charge on any atom is 0.248 e. The monoisotopic (exact) mass is 380 g/mol. The van der Waals surface area contributed by atoms with Crippen LogP contribution in [-0.4, -0.2) is 33.2 Å². The smallest absolute Gasteiger partial charge is 0.248 e. The van der Waals surface area contributed by atoms with E-state index in [4.69, 9.17) is 4.74 Å². The fourth-order valence-electron chi connectivity index (χ4n) is 2.50. The van der Waals surface area contributed by atoms with Gasteiger partial charge in [-0.3, -0.25) is 9.10 Å². The standard InChI is InChI=1S/C18H21FN2O4S/c1-4-25-17-12-8-6-10-15(17)20-18(22)13(2)21(26(3,23)24)16-11-7-5-9-14(16)19/h5-13H,4H2,1-3H3,(H,20,22)/t13-/m1/s1. The minimum Gasteiger partial charge on any atom is -0.492 e. The first-order chi connectivity index (χ1) is 12.3. The van der Waals surface area contributed by atoms with Crippen molar-refractivity contribution < 1.29 is 22.3 Å². The third-order valence-corrected chi connectivity index (χ3v) is 4.85. The molecular weight excluding hydrogens is 359 g/mol. The van der Waals surface area contributed by atoms with Gasteiger partial charge in [0.25, 0.3) is 0 Å². The van der Waals surface area contributed by atoms with Gasteiger partial charge in [-0.2, -0.15) is 0 Å². The number of carbonyl (C=O) groups is 1. The minimum atomic E-state index is -3.90. The molecule has 0 aromatic heterocycles. The predicted molar refractivity (Wildman–Crippen MR) is 99.4 cm³/mol. The maximum absolute atomic E-state index is 14.1. The van der Waals surface area contributed by atoms with Crippen molar-refractivity contribution in [2.75, 3.05) is 22.5 Å². The molecule has 0 heterocycles. The number of anilines is 2. The van der Waals surface area contributed by atoms with Gasteiger partial charge in [0.15, 0.2) is 0 Å². The minimum absolute atomic E-state index is 0.184. The number of hydrogen-bond acceptors (Lipinski definition) is 4. The average molecular weight is 380 g/mol. The number of amides is 1. The van der Waals surface area contributed by atoms with Crippen LogP contribution in [0.3, 0.4) is 0 Å². The molecule has 0 bridgehead atoms. The molecule has 0 aliphatic carbocycles. The number of nitrogens with zero attached hydrogens (tertiary/aromatic N) is 1. The van der Waals surface area contributed by atoms with E-state index in [1.165, 1.54) is 25.1 Å². The number of halogens is 1. The van der Waals surface area contributed by atoms with Crippen molar-refractivity contribution in [3.8, 4) is 5.75 Å². The zero-order valence-electron chi connectivity index (χ0n) is 14.8. The molecule has 1 amide bonds. The van der Waals surface area contributed by atoms with E-state index in [0.717, 1.165) is 16.6 Å². The molecule has 26 heavy (non-hydrogen) atoms. The van der Waals surface area contributed by atoms with Gasteiger partial charge < -0.3 is 10.1 Å². The molecule has 140 valence electrons. The molecule has 8 heteroatoms. The molecule has 0 fully saturated rings. The maximum atomic E-state index is 14.1. The highest BCUT2D eigenvalue weighted by Crippen LogP contribution is 2.27. The number of hydrogen-bond donors (Lipinski definition) is 1. The Morgan fingerprint density at radius 2 is 1.81 bits per heavy atom. The van der Waals surface area contributed by atoms with Gasteiger partial charge in [-0.05, 0) is 38.1 Å². The number of rotatable bonds is 7. The molecule has 0 aliphatic heterocycles. The first-order valence-electron chi connectivity index (χ1n) is 8.02. The number of nitrogens with one attached hydrogen (secondary N) is 1. The van der Waals surface area contributed by atoms with Gasteiger partial charge in [-0.25, -0.2) is 12.8 Å². The number of sulfonamides is 1. The third kappa shape index (κ3) is 4.51. The summed E-state index contributed by atoms with van der Waals surface area (Å²) in [5.41, 5.74) is 0.226. The van der Waals surface area contributed by atoms with Crippen molar-refractivity contribution in [3.05, 3.63) is 54.3 Å². The van der Waals surface area contributed by atoms with Crippen LogP contribution in [0.5, 0.6) is 5.75 Å². The fraction of sp³-hybridized carbons (Fsp3) is 0.278. The Hall–Kier alpha value is -2.61. The Bertz CT molecular complexity index is 886. The quantitative estimate of drug-likeness (QED) is 0.801. The molecule has 0 unspecified atom stereocenters. The average Bonchev–Trinajstić information content (AvgIpc) is 2.57. The van der Waals surface area contributed by atoms with Crippen LogP contribution in [0.15, 0.2) is 48.5 Å². The Balaban J connectivity index is 2.34. The van der Waals surface area contributed by atoms with Crippen LogP contribution in [0, 0.1) is 5.82 Å². The van der Waals surface area contributed by atoms with Crippen molar-refractivity contribution in [1.82, 2.24) is 0 Å².